The summed E-state index contributed by atoms with van der Waals surface area (Å²) in [7, 11) is 0. The Morgan fingerprint density at radius 2 is 2.26 bits per heavy atom. The van der Waals surface area contributed by atoms with Crippen molar-refractivity contribution < 1.29 is 9.53 Å². The molecule has 0 radical (unpaired) electrons. The second-order valence-electron chi connectivity index (χ2n) is 5.04. The highest BCUT2D eigenvalue weighted by molar-refractivity contribution is 5.91. The second kappa shape index (κ2) is 6.26. The predicted molar refractivity (Wildman–Crippen MR) is 76.9 cm³/mol. The van der Waals surface area contributed by atoms with Crippen molar-refractivity contribution in [3.63, 3.8) is 0 Å². The van der Waals surface area contributed by atoms with E-state index >= 15 is 0 Å². The summed E-state index contributed by atoms with van der Waals surface area (Å²) in [5.74, 6) is 1.66. The molecule has 2 N–H and O–H groups in total. The fourth-order valence-electron chi connectivity index (χ4n) is 2.19. The Morgan fingerprint density at radius 1 is 1.42 bits per heavy atom. The monoisotopic (exact) mass is 282 g/mol. The molecule has 2 aliphatic rings. The van der Waals surface area contributed by atoms with Crippen LogP contribution in [-0.4, -0.2) is 19.1 Å². The van der Waals surface area contributed by atoms with Crippen molar-refractivity contribution in [2.45, 2.75) is 25.8 Å². The van der Waals surface area contributed by atoms with E-state index in [-0.39, 0.29) is 18.3 Å². The Kier molecular flexibility index (Phi) is 4.66. The van der Waals surface area contributed by atoms with Crippen LogP contribution >= 0.6 is 12.4 Å². The van der Waals surface area contributed by atoms with E-state index in [1.54, 1.807) is 0 Å². The van der Waals surface area contributed by atoms with Crippen molar-refractivity contribution >= 4 is 24.0 Å². The molecule has 1 amide bonds. The molecule has 19 heavy (non-hydrogen) atoms. The van der Waals surface area contributed by atoms with E-state index in [0.717, 1.165) is 30.1 Å². The van der Waals surface area contributed by atoms with Crippen LogP contribution in [0, 0.1) is 5.92 Å². The number of halogens is 1. The molecule has 1 fully saturated rings. The number of nitrogens with one attached hydrogen (secondary N) is 2. The number of ether oxygens (including phenoxy) is 1. The summed E-state index contributed by atoms with van der Waals surface area (Å²) >= 11 is 0. The summed E-state index contributed by atoms with van der Waals surface area (Å²) in [4.78, 5) is 11.7. The summed E-state index contributed by atoms with van der Waals surface area (Å²) in [6.07, 6.45) is 3.07. The molecule has 104 valence electrons. The van der Waals surface area contributed by atoms with Gasteiger partial charge in [-0.15, -0.1) is 12.4 Å². The zero-order valence-corrected chi connectivity index (χ0v) is 11.6. The number of benzene rings is 1. The van der Waals surface area contributed by atoms with Crippen LogP contribution in [0.25, 0.3) is 0 Å². The Labute approximate surface area is 119 Å². The Hall–Kier alpha value is -1.26. The number of carbonyl (C=O) groups excluding carboxylic acids is 1. The first-order valence-electron chi connectivity index (χ1n) is 6.57. The molecule has 1 saturated carbocycles. The highest BCUT2D eigenvalue weighted by Gasteiger charge is 2.24. The van der Waals surface area contributed by atoms with Crippen LogP contribution in [0.2, 0.25) is 0 Å². The van der Waals surface area contributed by atoms with Crippen molar-refractivity contribution in [3.05, 3.63) is 23.8 Å². The normalized spacial score (nSPS) is 17.5. The van der Waals surface area contributed by atoms with Crippen LogP contribution in [-0.2, 0) is 11.3 Å². The zero-order chi connectivity index (χ0) is 12.4. The minimum absolute atomic E-state index is 0. The van der Waals surface area contributed by atoms with Crippen molar-refractivity contribution in [1.82, 2.24) is 5.32 Å². The SMILES string of the molecule is Cl.O=C(CC1CC1)Nc1ccc2c(c1)CNCCO2. The standard InChI is InChI=1S/C14H18N2O2.ClH/c17-14(7-10-1-2-10)16-12-3-4-13-11(8-12)9-15-5-6-18-13;/h3-4,8,10,15H,1-2,5-7,9H2,(H,16,17);1H. The predicted octanol–water partition coefficient (Wildman–Crippen LogP) is 2.33. The summed E-state index contributed by atoms with van der Waals surface area (Å²) in [6, 6.07) is 5.85. The maximum atomic E-state index is 11.7. The molecule has 3 rings (SSSR count). The number of amides is 1. The highest BCUT2D eigenvalue weighted by Crippen LogP contribution is 2.32. The van der Waals surface area contributed by atoms with Gasteiger partial charge in [0.1, 0.15) is 12.4 Å². The number of carbonyl (C=O) groups is 1. The molecule has 4 nitrogen and oxygen atoms in total. The van der Waals surface area contributed by atoms with Gasteiger partial charge in [0, 0.05) is 30.8 Å². The lowest BCUT2D eigenvalue weighted by atomic mass is 10.1. The van der Waals surface area contributed by atoms with Crippen LogP contribution < -0.4 is 15.4 Å². The molecule has 0 saturated heterocycles. The first-order valence-corrected chi connectivity index (χ1v) is 6.57. The third-order valence-electron chi connectivity index (χ3n) is 3.37. The lowest BCUT2D eigenvalue weighted by molar-refractivity contribution is -0.116. The third kappa shape index (κ3) is 3.85. The van der Waals surface area contributed by atoms with Gasteiger partial charge in [0.25, 0.3) is 0 Å². The van der Waals surface area contributed by atoms with Gasteiger partial charge in [-0.05, 0) is 37.0 Å². The quantitative estimate of drug-likeness (QED) is 0.895. The number of rotatable bonds is 3. The highest BCUT2D eigenvalue weighted by atomic mass is 35.5. The minimum Gasteiger partial charge on any atom is -0.492 e. The Bertz CT molecular complexity index is 461. The smallest absolute Gasteiger partial charge is 0.224 e. The molecule has 1 heterocycles. The van der Waals surface area contributed by atoms with Crippen molar-refractivity contribution in [2.24, 2.45) is 5.92 Å². The van der Waals surface area contributed by atoms with Gasteiger partial charge in [-0.3, -0.25) is 4.79 Å². The minimum atomic E-state index is 0. The van der Waals surface area contributed by atoms with Crippen LogP contribution in [0.5, 0.6) is 5.75 Å². The van der Waals surface area contributed by atoms with Gasteiger partial charge in [-0.2, -0.15) is 0 Å². The first kappa shape index (κ1) is 14.2. The Morgan fingerprint density at radius 3 is 3.05 bits per heavy atom. The average Bonchev–Trinajstić information content (AvgIpc) is 3.15. The van der Waals surface area contributed by atoms with Gasteiger partial charge in [0.15, 0.2) is 0 Å². The van der Waals surface area contributed by atoms with E-state index in [1.165, 1.54) is 12.8 Å². The molecule has 0 bridgehead atoms. The maximum Gasteiger partial charge on any atom is 0.224 e. The van der Waals surface area contributed by atoms with Crippen molar-refractivity contribution in [2.75, 3.05) is 18.5 Å². The van der Waals surface area contributed by atoms with E-state index in [2.05, 4.69) is 10.6 Å². The maximum absolute atomic E-state index is 11.7. The zero-order valence-electron chi connectivity index (χ0n) is 10.8. The van der Waals surface area contributed by atoms with Crippen molar-refractivity contribution in [3.8, 4) is 5.75 Å². The molecular weight excluding hydrogens is 264 g/mol. The van der Waals surface area contributed by atoms with Gasteiger partial charge in [0.2, 0.25) is 5.91 Å². The molecule has 0 spiro atoms. The van der Waals surface area contributed by atoms with Gasteiger partial charge < -0.3 is 15.4 Å². The van der Waals surface area contributed by atoms with E-state index in [1.807, 2.05) is 18.2 Å². The molecule has 5 heteroatoms. The number of fused-ring (bicyclic) bond motifs is 1. The Balaban J connectivity index is 0.00000133. The van der Waals surface area contributed by atoms with Crippen LogP contribution in [0.15, 0.2) is 18.2 Å². The molecule has 1 aromatic rings. The molecule has 0 unspecified atom stereocenters. The topological polar surface area (TPSA) is 50.4 Å². The average molecular weight is 283 g/mol. The van der Waals surface area contributed by atoms with E-state index in [9.17, 15) is 4.79 Å². The van der Waals surface area contributed by atoms with Gasteiger partial charge >= 0.3 is 0 Å². The lowest BCUT2D eigenvalue weighted by Crippen LogP contribution is -2.16. The van der Waals surface area contributed by atoms with E-state index in [4.69, 9.17) is 4.74 Å². The van der Waals surface area contributed by atoms with Gasteiger partial charge in [-0.1, -0.05) is 0 Å². The largest absolute Gasteiger partial charge is 0.492 e. The van der Waals surface area contributed by atoms with Crippen LogP contribution in [0.4, 0.5) is 5.69 Å². The molecule has 1 aliphatic heterocycles. The fraction of sp³-hybridized carbons (Fsp3) is 0.500. The lowest BCUT2D eigenvalue weighted by Gasteiger charge is -2.10. The van der Waals surface area contributed by atoms with Crippen molar-refractivity contribution in [1.29, 1.82) is 0 Å². The fourth-order valence-corrected chi connectivity index (χ4v) is 2.19. The number of anilines is 1. The number of hydrogen-bond acceptors (Lipinski definition) is 3. The second-order valence-corrected chi connectivity index (χ2v) is 5.04. The third-order valence-corrected chi connectivity index (χ3v) is 3.37. The van der Waals surface area contributed by atoms with Gasteiger partial charge in [-0.25, -0.2) is 0 Å². The molecule has 1 aliphatic carbocycles. The van der Waals surface area contributed by atoms with Crippen LogP contribution in [0.1, 0.15) is 24.8 Å². The summed E-state index contributed by atoms with van der Waals surface area (Å²) in [6.45, 7) is 2.35. The molecule has 0 aromatic heterocycles. The van der Waals surface area contributed by atoms with Gasteiger partial charge in [0.05, 0.1) is 0 Å². The summed E-state index contributed by atoms with van der Waals surface area (Å²) < 4.78 is 5.61. The summed E-state index contributed by atoms with van der Waals surface area (Å²) in [5, 5.41) is 6.25. The van der Waals surface area contributed by atoms with Crippen LogP contribution in [0.3, 0.4) is 0 Å². The molecular formula is C14H19ClN2O2. The van der Waals surface area contributed by atoms with E-state index in [0.29, 0.717) is 18.9 Å². The molecule has 0 atom stereocenters. The van der Waals surface area contributed by atoms with E-state index < -0.39 is 0 Å². The number of hydrogen-bond donors (Lipinski definition) is 2. The summed E-state index contributed by atoms with van der Waals surface area (Å²) in [5.41, 5.74) is 1.98. The molecule has 1 aromatic carbocycles. The first-order chi connectivity index (χ1) is 8.81.